The van der Waals surface area contributed by atoms with E-state index in [9.17, 15) is 4.79 Å². The van der Waals surface area contributed by atoms with Gasteiger partial charge in [0.25, 0.3) is 5.91 Å². The lowest BCUT2D eigenvalue weighted by Crippen LogP contribution is -2.44. The normalized spacial score (nSPS) is 18.8. The Morgan fingerprint density at radius 1 is 1.29 bits per heavy atom. The first-order valence-electron chi connectivity index (χ1n) is 8.65. The van der Waals surface area contributed by atoms with Crippen LogP contribution in [0, 0.1) is 13.8 Å². The summed E-state index contributed by atoms with van der Waals surface area (Å²) >= 11 is 1.47. The molecule has 2 aromatic rings. The summed E-state index contributed by atoms with van der Waals surface area (Å²) < 4.78 is 0. The van der Waals surface area contributed by atoms with E-state index >= 15 is 0 Å². The van der Waals surface area contributed by atoms with Crippen LogP contribution in [-0.2, 0) is 0 Å². The SMILES string of the molecule is Cc1nc(C)c(C(=O)NC2CCN(c3cc(C4CC4)[nH]n3)CC2)s1. The number of rotatable bonds is 4. The van der Waals surface area contributed by atoms with Gasteiger partial charge in [-0.15, -0.1) is 11.3 Å². The molecule has 0 bridgehead atoms. The molecule has 1 aliphatic heterocycles. The predicted molar refractivity (Wildman–Crippen MR) is 94.9 cm³/mol. The second-order valence-electron chi connectivity index (χ2n) is 6.84. The zero-order valence-electron chi connectivity index (χ0n) is 14.1. The summed E-state index contributed by atoms with van der Waals surface area (Å²) in [7, 11) is 0. The molecular weight excluding hydrogens is 322 g/mol. The monoisotopic (exact) mass is 345 g/mol. The van der Waals surface area contributed by atoms with Crippen molar-refractivity contribution in [1.29, 1.82) is 0 Å². The highest BCUT2D eigenvalue weighted by atomic mass is 32.1. The van der Waals surface area contributed by atoms with Crippen molar-refractivity contribution in [1.82, 2.24) is 20.5 Å². The predicted octanol–water partition coefficient (Wildman–Crippen LogP) is 2.76. The van der Waals surface area contributed by atoms with E-state index in [2.05, 4.69) is 31.5 Å². The number of hydrogen-bond donors (Lipinski definition) is 2. The second kappa shape index (κ2) is 6.20. The summed E-state index contributed by atoms with van der Waals surface area (Å²) in [4.78, 5) is 19.8. The van der Waals surface area contributed by atoms with Crippen LogP contribution in [-0.4, -0.2) is 40.2 Å². The Balaban J connectivity index is 1.32. The molecular formula is C17H23N5OS. The molecule has 2 N–H and O–H groups in total. The number of aromatic amines is 1. The molecule has 24 heavy (non-hydrogen) atoms. The van der Waals surface area contributed by atoms with Gasteiger partial charge in [0, 0.05) is 36.8 Å². The van der Waals surface area contributed by atoms with Crippen LogP contribution in [0.15, 0.2) is 6.07 Å². The minimum absolute atomic E-state index is 0.0207. The molecule has 0 unspecified atom stereocenters. The number of aryl methyl sites for hydroxylation is 2. The summed E-state index contributed by atoms with van der Waals surface area (Å²) in [5.41, 5.74) is 2.10. The second-order valence-corrected chi connectivity index (χ2v) is 8.04. The smallest absolute Gasteiger partial charge is 0.263 e. The van der Waals surface area contributed by atoms with Crippen molar-refractivity contribution < 1.29 is 4.79 Å². The van der Waals surface area contributed by atoms with Gasteiger partial charge in [-0.3, -0.25) is 9.89 Å². The molecule has 0 aromatic carbocycles. The first-order valence-corrected chi connectivity index (χ1v) is 9.47. The van der Waals surface area contributed by atoms with Crippen molar-refractivity contribution in [2.75, 3.05) is 18.0 Å². The van der Waals surface area contributed by atoms with Gasteiger partial charge < -0.3 is 10.2 Å². The quantitative estimate of drug-likeness (QED) is 0.893. The number of aromatic nitrogens is 3. The lowest BCUT2D eigenvalue weighted by molar-refractivity contribution is 0.0934. The minimum atomic E-state index is 0.0207. The van der Waals surface area contributed by atoms with Gasteiger partial charge in [0.1, 0.15) is 4.88 Å². The fourth-order valence-electron chi connectivity index (χ4n) is 3.34. The number of H-pyrrole nitrogens is 1. The summed E-state index contributed by atoms with van der Waals surface area (Å²) in [6.45, 7) is 5.70. The molecule has 2 fully saturated rings. The van der Waals surface area contributed by atoms with E-state index in [0.29, 0.717) is 5.92 Å². The van der Waals surface area contributed by atoms with Gasteiger partial charge in [-0.25, -0.2) is 4.98 Å². The average Bonchev–Trinajstić information content (AvgIpc) is 3.19. The fraction of sp³-hybridized carbons (Fsp3) is 0.588. The summed E-state index contributed by atoms with van der Waals surface area (Å²) in [5.74, 6) is 1.78. The van der Waals surface area contributed by atoms with Gasteiger partial charge in [0.15, 0.2) is 5.82 Å². The maximum Gasteiger partial charge on any atom is 0.263 e. The van der Waals surface area contributed by atoms with Crippen LogP contribution in [0.2, 0.25) is 0 Å². The molecule has 0 spiro atoms. The number of anilines is 1. The summed E-state index contributed by atoms with van der Waals surface area (Å²) in [6, 6.07) is 2.43. The molecule has 0 radical (unpaired) electrons. The van der Waals surface area contributed by atoms with Crippen LogP contribution in [0.3, 0.4) is 0 Å². The van der Waals surface area contributed by atoms with E-state index in [1.165, 1.54) is 29.9 Å². The molecule has 4 rings (SSSR count). The van der Waals surface area contributed by atoms with Gasteiger partial charge in [0.05, 0.1) is 10.7 Å². The van der Waals surface area contributed by atoms with Crippen LogP contribution in [0.1, 0.15) is 57.7 Å². The van der Waals surface area contributed by atoms with Crippen molar-refractivity contribution in [2.45, 2.75) is 51.5 Å². The first-order chi connectivity index (χ1) is 11.6. The van der Waals surface area contributed by atoms with Gasteiger partial charge in [-0.05, 0) is 39.5 Å². The zero-order valence-corrected chi connectivity index (χ0v) is 14.9. The molecule has 1 saturated carbocycles. The Labute approximate surface area is 145 Å². The third-order valence-corrected chi connectivity index (χ3v) is 5.94. The Hall–Kier alpha value is -1.89. The molecule has 3 heterocycles. The van der Waals surface area contributed by atoms with Gasteiger partial charge in [-0.2, -0.15) is 5.10 Å². The molecule has 2 aliphatic rings. The number of amides is 1. The minimum Gasteiger partial charge on any atom is -0.355 e. The Morgan fingerprint density at radius 3 is 2.67 bits per heavy atom. The van der Waals surface area contributed by atoms with Gasteiger partial charge in [-0.1, -0.05) is 0 Å². The van der Waals surface area contributed by atoms with E-state index in [1.807, 2.05) is 13.8 Å². The highest BCUT2D eigenvalue weighted by Gasteiger charge is 2.28. The zero-order chi connectivity index (χ0) is 16.7. The van der Waals surface area contributed by atoms with Crippen LogP contribution >= 0.6 is 11.3 Å². The molecule has 1 amide bonds. The number of carbonyl (C=O) groups excluding carboxylic acids is 1. The molecule has 1 aliphatic carbocycles. The lowest BCUT2D eigenvalue weighted by atomic mass is 10.0. The van der Waals surface area contributed by atoms with E-state index in [4.69, 9.17) is 0 Å². The number of hydrogen-bond acceptors (Lipinski definition) is 5. The number of carbonyl (C=O) groups is 1. The van der Waals surface area contributed by atoms with Crippen molar-refractivity contribution in [2.24, 2.45) is 0 Å². The molecule has 7 heteroatoms. The Bertz CT molecular complexity index is 740. The van der Waals surface area contributed by atoms with E-state index in [0.717, 1.165) is 47.3 Å². The maximum atomic E-state index is 12.4. The van der Waals surface area contributed by atoms with Gasteiger partial charge >= 0.3 is 0 Å². The molecule has 128 valence electrons. The number of piperidine rings is 1. The molecule has 2 aromatic heterocycles. The third kappa shape index (κ3) is 3.17. The number of nitrogens with one attached hydrogen (secondary N) is 2. The van der Waals surface area contributed by atoms with Crippen LogP contribution < -0.4 is 10.2 Å². The number of thiazole rings is 1. The summed E-state index contributed by atoms with van der Waals surface area (Å²) in [5, 5.41) is 11.7. The standard InChI is InChI=1S/C17H23N5OS/c1-10-16(24-11(2)18-10)17(23)19-13-5-7-22(8-6-13)15-9-14(20-21-15)12-3-4-12/h9,12-13H,3-8H2,1-2H3,(H,19,23)(H,20,21). The van der Waals surface area contributed by atoms with Crippen LogP contribution in [0.4, 0.5) is 5.82 Å². The van der Waals surface area contributed by atoms with E-state index in [-0.39, 0.29) is 11.9 Å². The third-order valence-electron chi connectivity index (χ3n) is 4.87. The lowest BCUT2D eigenvalue weighted by Gasteiger charge is -2.32. The number of nitrogens with zero attached hydrogens (tertiary/aromatic N) is 3. The highest BCUT2D eigenvalue weighted by molar-refractivity contribution is 7.13. The first kappa shape index (κ1) is 15.6. The molecule has 0 atom stereocenters. The van der Waals surface area contributed by atoms with Crippen molar-refractivity contribution >= 4 is 23.1 Å². The van der Waals surface area contributed by atoms with Crippen molar-refractivity contribution in [3.63, 3.8) is 0 Å². The van der Waals surface area contributed by atoms with Gasteiger partial charge in [0.2, 0.25) is 0 Å². The largest absolute Gasteiger partial charge is 0.355 e. The average molecular weight is 345 g/mol. The highest BCUT2D eigenvalue weighted by Crippen LogP contribution is 2.40. The Morgan fingerprint density at radius 2 is 2.04 bits per heavy atom. The molecule has 6 nitrogen and oxygen atoms in total. The van der Waals surface area contributed by atoms with Crippen molar-refractivity contribution in [3.8, 4) is 0 Å². The fourth-order valence-corrected chi connectivity index (χ4v) is 4.16. The van der Waals surface area contributed by atoms with Crippen molar-refractivity contribution in [3.05, 3.63) is 27.3 Å². The van der Waals surface area contributed by atoms with Crippen LogP contribution in [0.25, 0.3) is 0 Å². The molecule has 1 saturated heterocycles. The van der Waals surface area contributed by atoms with E-state index in [1.54, 1.807) is 0 Å². The van der Waals surface area contributed by atoms with Crippen LogP contribution in [0.5, 0.6) is 0 Å². The maximum absolute atomic E-state index is 12.4. The summed E-state index contributed by atoms with van der Waals surface area (Å²) in [6.07, 6.45) is 4.47. The Kier molecular flexibility index (Phi) is 4.04. The van der Waals surface area contributed by atoms with E-state index < -0.39 is 0 Å². The topological polar surface area (TPSA) is 73.9 Å².